The lowest BCUT2D eigenvalue weighted by molar-refractivity contribution is 0.724. The SMILES string of the molecule is N#Cc1c(N2CCCNCC2)ncc2c1CCC2. The van der Waals surface area contributed by atoms with Gasteiger partial charge in [-0.15, -0.1) is 0 Å². The molecule has 0 saturated carbocycles. The normalized spacial score (nSPS) is 19.2. The van der Waals surface area contributed by atoms with Gasteiger partial charge in [-0.25, -0.2) is 4.98 Å². The molecule has 1 fully saturated rings. The summed E-state index contributed by atoms with van der Waals surface area (Å²) in [6.07, 6.45) is 6.38. The Kier molecular flexibility index (Phi) is 3.16. The maximum atomic E-state index is 9.45. The van der Waals surface area contributed by atoms with Crippen molar-refractivity contribution in [1.29, 1.82) is 5.26 Å². The number of aromatic nitrogens is 1. The van der Waals surface area contributed by atoms with Crippen molar-refractivity contribution in [2.45, 2.75) is 25.7 Å². The minimum absolute atomic E-state index is 0.826. The number of fused-ring (bicyclic) bond motifs is 1. The number of aryl methyl sites for hydroxylation is 1. The Morgan fingerprint density at radius 3 is 3.06 bits per heavy atom. The van der Waals surface area contributed by atoms with E-state index in [1.807, 2.05) is 6.20 Å². The van der Waals surface area contributed by atoms with Crippen LogP contribution in [0.15, 0.2) is 6.20 Å². The van der Waals surface area contributed by atoms with Crippen molar-refractivity contribution in [3.05, 3.63) is 22.9 Å². The predicted octanol–water partition coefficient (Wildman–Crippen LogP) is 1.24. The van der Waals surface area contributed by atoms with Crippen LogP contribution in [0, 0.1) is 11.3 Å². The van der Waals surface area contributed by atoms with Gasteiger partial charge < -0.3 is 10.2 Å². The number of nitriles is 1. The van der Waals surface area contributed by atoms with Gasteiger partial charge in [-0.05, 0) is 43.4 Å². The third-order valence-electron chi connectivity index (χ3n) is 3.88. The van der Waals surface area contributed by atoms with Crippen LogP contribution in [0.4, 0.5) is 5.82 Å². The minimum atomic E-state index is 0.826. The monoisotopic (exact) mass is 242 g/mol. The van der Waals surface area contributed by atoms with Gasteiger partial charge in [-0.1, -0.05) is 0 Å². The highest BCUT2D eigenvalue weighted by Gasteiger charge is 2.22. The van der Waals surface area contributed by atoms with Crippen molar-refractivity contribution in [3.63, 3.8) is 0 Å². The molecule has 1 N–H and O–H groups in total. The molecular formula is C14H18N4. The molecule has 0 aromatic carbocycles. The number of rotatable bonds is 1. The van der Waals surface area contributed by atoms with Gasteiger partial charge in [0.1, 0.15) is 11.9 Å². The fourth-order valence-electron chi connectivity index (χ4n) is 2.95. The first-order chi connectivity index (χ1) is 8.90. The average molecular weight is 242 g/mol. The number of pyridine rings is 1. The standard InChI is InChI=1S/C14H18N4/c15-9-13-12-4-1-3-11(12)10-17-14(13)18-7-2-5-16-6-8-18/h10,16H,1-8H2. The van der Waals surface area contributed by atoms with E-state index in [2.05, 4.69) is 21.3 Å². The van der Waals surface area contributed by atoms with E-state index in [0.717, 1.165) is 63.2 Å². The maximum Gasteiger partial charge on any atom is 0.146 e. The van der Waals surface area contributed by atoms with Gasteiger partial charge in [0.25, 0.3) is 0 Å². The van der Waals surface area contributed by atoms with Crippen LogP contribution in [0.3, 0.4) is 0 Å². The van der Waals surface area contributed by atoms with Gasteiger partial charge in [-0.3, -0.25) is 0 Å². The summed E-state index contributed by atoms with van der Waals surface area (Å²) < 4.78 is 0. The molecule has 3 rings (SSSR count). The first-order valence-electron chi connectivity index (χ1n) is 6.76. The van der Waals surface area contributed by atoms with E-state index in [1.165, 1.54) is 11.1 Å². The molecular weight excluding hydrogens is 224 g/mol. The first-order valence-corrected chi connectivity index (χ1v) is 6.76. The molecule has 94 valence electrons. The van der Waals surface area contributed by atoms with Crippen molar-refractivity contribution < 1.29 is 0 Å². The zero-order valence-corrected chi connectivity index (χ0v) is 10.6. The molecule has 0 spiro atoms. The zero-order chi connectivity index (χ0) is 12.4. The van der Waals surface area contributed by atoms with Crippen molar-refractivity contribution in [3.8, 4) is 6.07 Å². The molecule has 1 aromatic rings. The molecule has 2 aliphatic rings. The van der Waals surface area contributed by atoms with Gasteiger partial charge in [0.2, 0.25) is 0 Å². The van der Waals surface area contributed by atoms with Crippen molar-refractivity contribution >= 4 is 5.82 Å². The number of anilines is 1. The van der Waals surface area contributed by atoms with E-state index in [1.54, 1.807) is 0 Å². The lowest BCUT2D eigenvalue weighted by atomic mass is 10.1. The highest BCUT2D eigenvalue weighted by molar-refractivity contribution is 5.60. The third kappa shape index (κ3) is 1.95. The highest BCUT2D eigenvalue weighted by atomic mass is 15.2. The van der Waals surface area contributed by atoms with Crippen LogP contribution in [-0.4, -0.2) is 31.2 Å². The maximum absolute atomic E-state index is 9.45. The van der Waals surface area contributed by atoms with Gasteiger partial charge in [-0.2, -0.15) is 5.26 Å². The topological polar surface area (TPSA) is 52.0 Å². The Balaban J connectivity index is 1.98. The lowest BCUT2D eigenvalue weighted by Crippen LogP contribution is -2.29. The molecule has 1 saturated heterocycles. The molecule has 0 atom stereocenters. The van der Waals surface area contributed by atoms with Crippen LogP contribution in [0.1, 0.15) is 29.5 Å². The summed E-state index contributed by atoms with van der Waals surface area (Å²) >= 11 is 0. The largest absolute Gasteiger partial charge is 0.354 e. The fourth-order valence-corrected chi connectivity index (χ4v) is 2.95. The summed E-state index contributed by atoms with van der Waals surface area (Å²) in [5.41, 5.74) is 3.36. The number of hydrogen-bond donors (Lipinski definition) is 1. The second-order valence-electron chi connectivity index (χ2n) is 5.02. The number of nitrogens with one attached hydrogen (secondary N) is 1. The summed E-state index contributed by atoms with van der Waals surface area (Å²) in [5.74, 6) is 0.904. The Labute approximate surface area is 108 Å². The molecule has 4 nitrogen and oxygen atoms in total. The summed E-state index contributed by atoms with van der Waals surface area (Å²) in [6.45, 7) is 3.97. The van der Waals surface area contributed by atoms with Gasteiger partial charge in [0, 0.05) is 25.8 Å². The third-order valence-corrected chi connectivity index (χ3v) is 3.88. The van der Waals surface area contributed by atoms with Gasteiger partial charge in [0.05, 0.1) is 5.56 Å². The lowest BCUT2D eigenvalue weighted by Gasteiger charge is -2.23. The van der Waals surface area contributed by atoms with Crippen LogP contribution in [0.5, 0.6) is 0 Å². The van der Waals surface area contributed by atoms with Crippen LogP contribution in [0.2, 0.25) is 0 Å². The van der Waals surface area contributed by atoms with Crippen LogP contribution >= 0.6 is 0 Å². The molecule has 1 aliphatic carbocycles. The van der Waals surface area contributed by atoms with Crippen molar-refractivity contribution in [1.82, 2.24) is 10.3 Å². The first kappa shape index (κ1) is 11.5. The molecule has 0 amide bonds. The van der Waals surface area contributed by atoms with Crippen LogP contribution in [0.25, 0.3) is 0 Å². The molecule has 2 heterocycles. The summed E-state index contributed by atoms with van der Waals surface area (Å²) in [5, 5.41) is 12.8. The average Bonchev–Trinajstić information content (AvgIpc) is 2.71. The molecule has 1 aliphatic heterocycles. The Bertz CT molecular complexity index is 481. The second kappa shape index (κ2) is 4.95. The minimum Gasteiger partial charge on any atom is -0.354 e. The van der Waals surface area contributed by atoms with E-state index in [0.29, 0.717) is 0 Å². The van der Waals surface area contributed by atoms with Crippen molar-refractivity contribution in [2.24, 2.45) is 0 Å². The van der Waals surface area contributed by atoms with Gasteiger partial charge in [0.15, 0.2) is 0 Å². The molecule has 1 aromatic heterocycles. The smallest absolute Gasteiger partial charge is 0.146 e. The van der Waals surface area contributed by atoms with Crippen LogP contribution in [-0.2, 0) is 12.8 Å². The molecule has 0 bridgehead atoms. The molecule has 0 radical (unpaired) electrons. The zero-order valence-electron chi connectivity index (χ0n) is 10.6. The number of hydrogen-bond acceptors (Lipinski definition) is 4. The Hall–Kier alpha value is -1.60. The quantitative estimate of drug-likeness (QED) is 0.805. The van der Waals surface area contributed by atoms with E-state index >= 15 is 0 Å². The van der Waals surface area contributed by atoms with E-state index in [4.69, 9.17) is 0 Å². The Morgan fingerprint density at radius 1 is 1.22 bits per heavy atom. The van der Waals surface area contributed by atoms with Gasteiger partial charge >= 0.3 is 0 Å². The Morgan fingerprint density at radius 2 is 2.17 bits per heavy atom. The number of nitrogens with zero attached hydrogens (tertiary/aromatic N) is 3. The van der Waals surface area contributed by atoms with E-state index in [9.17, 15) is 5.26 Å². The van der Waals surface area contributed by atoms with E-state index in [-0.39, 0.29) is 0 Å². The summed E-state index contributed by atoms with van der Waals surface area (Å²) in [4.78, 5) is 6.82. The summed E-state index contributed by atoms with van der Waals surface area (Å²) in [7, 11) is 0. The van der Waals surface area contributed by atoms with E-state index < -0.39 is 0 Å². The van der Waals surface area contributed by atoms with Crippen LogP contribution < -0.4 is 10.2 Å². The fraction of sp³-hybridized carbons (Fsp3) is 0.571. The predicted molar refractivity (Wildman–Crippen MR) is 70.7 cm³/mol. The molecule has 18 heavy (non-hydrogen) atoms. The summed E-state index contributed by atoms with van der Waals surface area (Å²) in [6, 6.07) is 2.39. The molecule has 0 unspecified atom stereocenters. The van der Waals surface area contributed by atoms with Crippen molar-refractivity contribution in [2.75, 3.05) is 31.1 Å². The second-order valence-corrected chi connectivity index (χ2v) is 5.02. The highest BCUT2D eigenvalue weighted by Crippen LogP contribution is 2.30. The molecule has 4 heteroatoms.